The predicted molar refractivity (Wildman–Crippen MR) is 418 cm³/mol. The zero-order chi connectivity index (χ0) is 74.6. The van der Waals surface area contributed by atoms with Crippen LogP contribution < -0.4 is 0 Å². The molecule has 0 radical (unpaired) electrons. The molecule has 0 rings (SSSR count). The lowest BCUT2D eigenvalue weighted by Crippen LogP contribution is -2.30. The summed E-state index contributed by atoms with van der Waals surface area (Å²) in [6.45, 7) is 4.62. The summed E-state index contributed by atoms with van der Waals surface area (Å²) < 4.78 is 68.5. The Balaban J connectivity index is 5.44. The van der Waals surface area contributed by atoms with Crippen molar-refractivity contribution < 1.29 is 80.2 Å². The van der Waals surface area contributed by atoms with E-state index in [0.29, 0.717) is 32.1 Å². The van der Waals surface area contributed by atoms with Crippen LogP contribution in [0.25, 0.3) is 0 Å². The van der Waals surface area contributed by atoms with Crippen LogP contribution in [0.2, 0.25) is 0 Å². The Labute approximate surface area is 619 Å². The van der Waals surface area contributed by atoms with E-state index in [-0.39, 0.29) is 25.7 Å². The van der Waals surface area contributed by atoms with Crippen molar-refractivity contribution in [3.8, 4) is 0 Å². The van der Waals surface area contributed by atoms with Gasteiger partial charge < -0.3 is 33.8 Å². The highest BCUT2D eigenvalue weighted by atomic mass is 31.2. The SMILES string of the molecule is CC/C=C\C/C=C\C/C=C\C/C=C\C/C=C\CCCC(=O)OCC(COP(=O)(O)OCC(O)COP(=O)(O)OCC(COC(=O)CCCCCCC/C=C\C/C=C\CCCCC)OC(=O)CCCCCCC/C=C\C/C=C\CCCCC)OC(=O)CCCCCCC/C=C\CCCCCCCC. The van der Waals surface area contributed by atoms with Gasteiger partial charge in [-0.2, -0.15) is 0 Å². The summed E-state index contributed by atoms with van der Waals surface area (Å²) in [7, 11) is -9.98. The second-order valence-electron chi connectivity index (χ2n) is 26.3. The molecule has 0 aliphatic carbocycles. The predicted octanol–water partition coefficient (Wildman–Crippen LogP) is 23.1. The van der Waals surface area contributed by atoms with Gasteiger partial charge in [0.25, 0.3) is 0 Å². The Morgan fingerprint density at radius 2 is 0.520 bits per heavy atom. The number of rotatable bonds is 74. The standard InChI is InChI=1S/C83H142O17P2/c1-5-9-13-17-21-25-29-33-37-38-42-44-48-52-56-60-64-68-81(86)94-74-79(100-83(88)70-66-62-58-54-50-46-41-36-32-28-24-20-16-12-8-4)76-98-102(91,92)96-72-77(84)71-95-101(89,90)97-75-78(99-82(87)69-65-61-57-53-49-45-40-35-31-27-23-19-15-11-7-3)73-93-80(85)67-63-59-55-51-47-43-39-34-30-26-22-18-14-10-6-2/h9,13,21-23,25-27,33-37,39-42,44,52,56,77-79,84H,5-8,10-12,14-20,24,28-32,38,43,45-51,53-55,57-76H2,1-4H3,(H,89,90)(H,91,92)/b13-9-,25-21-,26-22-,27-23-,37-33-,39-34-,40-35-,41-36-,44-42-,56-52-. The van der Waals surface area contributed by atoms with Gasteiger partial charge in [-0.15, -0.1) is 0 Å². The van der Waals surface area contributed by atoms with Gasteiger partial charge in [0, 0.05) is 25.7 Å². The molecule has 0 aliphatic rings. The highest BCUT2D eigenvalue weighted by Gasteiger charge is 2.30. The van der Waals surface area contributed by atoms with Crippen LogP contribution in [0.15, 0.2) is 122 Å². The minimum absolute atomic E-state index is 0.0706. The van der Waals surface area contributed by atoms with E-state index in [1.165, 1.54) is 77.0 Å². The van der Waals surface area contributed by atoms with Crippen molar-refractivity contribution in [1.82, 2.24) is 0 Å². The first-order chi connectivity index (χ1) is 49.7. The maximum Gasteiger partial charge on any atom is 0.472 e. The van der Waals surface area contributed by atoms with Crippen LogP contribution in [0.5, 0.6) is 0 Å². The molecule has 0 saturated carbocycles. The van der Waals surface area contributed by atoms with E-state index >= 15 is 0 Å². The fourth-order valence-electron chi connectivity index (χ4n) is 10.3. The number of esters is 4. The van der Waals surface area contributed by atoms with Gasteiger partial charge in [0.1, 0.15) is 19.3 Å². The molecule has 0 heterocycles. The first-order valence-corrected chi connectivity index (χ1v) is 42.8. The van der Waals surface area contributed by atoms with E-state index in [2.05, 4.69) is 137 Å². The van der Waals surface area contributed by atoms with Crippen molar-refractivity contribution in [1.29, 1.82) is 0 Å². The molecule has 0 aromatic carbocycles. The van der Waals surface area contributed by atoms with Gasteiger partial charge in [0.05, 0.1) is 26.4 Å². The van der Waals surface area contributed by atoms with E-state index in [4.69, 9.17) is 37.0 Å². The molecule has 586 valence electrons. The number of aliphatic hydroxyl groups excluding tert-OH is 1. The Morgan fingerprint density at radius 1 is 0.284 bits per heavy atom. The number of hydrogen-bond donors (Lipinski definition) is 3. The zero-order valence-corrected chi connectivity index (χ0v) is 65.8. The number of allylic oxidation sites excluding steroid dienone is 20. The topological polar surface area (TPSA) is 237 Å². The number of carbonyl (C=O) groups is 4. The lowest BCUT2D eigenvalue weighted by atomic mass is 10.1. The minimum Gasteiger partial charge on any atom is -0.462 e. The molecule has 5 atom stereocenters. The van der Waals surface area contributed by atoms with Gasteiger partial charge in [-0.3, -0.25) is 37.3 Å². The second-order valence-corrected chi connectivity index (χ2v) is 29.2. The van der Waals surface area contributed by atoms with Crippen molar-refractivity contribution in [2.75, 3.05) is 39.6 Å². The molecule has 19 heteroatoms. The summed E-state index contributed by atoms with van der Waals surface area (Å²) in [5.74, 6) is -2.28. The Morgan fingerprint density at radius 3 is 0.853 bits per heavy atom. The average molecular weight is 1470 g/mol. The molecule has 0 aromatic rings. The van der Waals surface area contributed by atoms with Crippen LogP contribution in [0, 0.1) is 0 Å². The number of phosphoric ester groups is 2. The molecular formula is C83H142O17P2. The van der Waals surface area contributed by atoms with Crippen molar-refractivity contribution >= 4 is 39.5 Å². The van der Waals surface area contributed by atoms with Crippen molar-refractivity contribution in [3.05, 3.63) is 122 Å². The molecule has 5 unspecified atom stereocenters. The number of unbranched alkanes of at least 4 members (excludes halogenated alkanes) is 28. The molecule has 0 spiro atoms. The van der Waals surface area contributed by atoms with Crippen LogP contribution in [-0.2, 0) is 65.4 Å². The highest BCUT2D eigenvalue weighted by molar-refractivity contribution is 7.47. The number of hydrogen-bond acceptors (Lipinski definition) is 15. The molecule has 17 nitrogen and oxygen atoms in total. The Kier molecular flexibility index (Phi) is 71.4. The summed E-state index contributed by atoms with van der Waals surface area (Å²) in [5.41, 5.74) is 0. The van der Waals surface area contributed by atoms with E-state index in [1.807, 2.05) is 12.2 Å². The summed E-state index contributed by atoms with van der Waals surface area (Å²) in [4.78, 5) is 73.0. The molecule has 0 fully saturated rings. The average Bonchev–Trinajstić information content (AvgIpc) is 0.923. The largest absolute Gasteiger partial charge is 0.472 e. The van der Waals surface area contributed by atoms with Crippen LogP contribution in [0.1, 0.15) is 323 Å². The van der Waals surface area contributed by atoms with Gasteiger partial charge in [-0.25, -0.2) is 9.13 Å². The maximum atomic E-state index is 13.1. The fourth-order valence-corrected chi connectivity index (χ4v) is 11.9. The summed E-state index contributed by atoms with van der Waals surface area (Å²) in [6, 6.07) is 0. The third kappa shape index (κ3) is 73.8. The van der Waals surface area contributed by atoms with Crippen LogP contribution in [-0.4, -0.2) is 96.7 Å². The summed E-state index contributed by atoms with van der Waals surface area (Å²) >= 11 is 0. The number of aliphatic hydroxyl groups is 1. The molecule has 0 aromatic heterocycles. The lowest BCUT2D eigenvalue weighted by molar-refractivity contribution is -0.161. The van der Waals surface area contributed by atoms with Crippen molar-refractivity contribution in [2.24, 2.45) is 0 Å². The molecule has 0 amide bonds. The molecule has 3 N–H and O–H groups in total. The fraction of sp³-hybridized carbons (Fsp3) is 0.711. The number of ether oxygens (including phenoxy) is 4. The third-order valence-corrected chi connectivity index (χ3v) is 18.3. The summed E-state index contributed by atoms with van der Waals surface area (Å²) in [6.07, 6.45) is 81.8. The first-order valence-electron chi connectivity index (χ1n) is 39.8. The summed E-state index contributed by atoms with van der Waals surface area (Å²) in [5, 5.41) is 10.6. The van der Waals surface area contributed by atoms with Crippen molar-refractivity contribution in [3.63, 3.8) is 0 Å². The Hall–Kier alpha value is -4.54. The van der Waals surface area contributed by atoms with Crippen LogP contribution in [0.4, 0.5) is 0 Å². The molecule has 0 aliphatic heterocycles. The van der Waals surface area contributed by atoms with Gasteiger partial charge in [-0.05, 0) is 154 Å². The quantitative estimate of drug-likeness (QED) is 0.0169. The van der Waals surface area contributed by atoms with Gasteiger partial charge in [0.15, 0.2) is 12.2 Å². The van der Waals surface area contributed by atoms with E-state index in [9.17, 15) is 43.2 Å². The monoisotopic (exact) mass is 1470 g/mol. The van der Waals surface area contributed by atoms with E-state index < -0.39 is 97.5 Å². The van der Waals surface area contributed by atoms with Crippen molar-refractivity contribution in [2.45, 2.75) is 341 Å². The maximum absolute atomic E-state index is 13.1. The smallest absolute Gasteiger partial charge is 0.462 e. The molecular weight excluding hydrogens is 1330 g/mol. The van der Waals surface area contributed by atoms with Crippen LogP contribution >= 0.6 is 15.6 Å². The lowest BCUT2D eigenvalue weighted by Gasteiger charge is -2.21. The Bertz CT molecular complexity index is 2410. The normalized spacial score (nSPS) is 14.5. The van der Waals surface area contributed by atoms with Gasteiger partial charge in [0.2, 0.25) is 0 Å². The highest BCUT2D eigenvalue weighted by Crippen LogP contribution is 2.45. The van der Waals surface area contributed by atoms with E-state index in [1.54, 1.807) is 0 Å². The van der Waals surface area contributed by atoms with E-state index in [0.717, 1.165) is 161 Å². The van der Waals surface area contributed by atoms with Crippen LogP contribution in [0.3, 0.4) is 0 Å². The number of phosphoric acid groups is 2. The van der Waals surface area contributed by atoms with Gasteiger partial charge >= 0.3 is 39.5 Å². The number of carbonyl (C=O) groups excluding carboxylic acids is 4. The van der Waals surface area contributed by atoms with Gasteiger partial charge in [-0.1, -0.05) is 265 Å². The first kappa shape index (κ1) is 97.5. The molecule has 102 heavy (non-hydrogen) atoms. The third-order valence-electron chi connectivity index (χ3n) is 16.4. The second kappa shape index (κ2) is 74.7. The molecule has 0 saturated heterocycles. The molecule has 0 bridgehead atoms. The zero-order valence-electron chi connectivity index (χ0n) is 64.0. The minimum atomic E-state index is -4.99.